The van der Waals surface area contributed by atoms with Crippen molar-refractivity contribution in [1.82, 2.24) is 10.2 Å². The predicted octanol–water partition coefficient (Wildman–Crippen LogP) is 6.76. The second kappa shape index (κ2) is 15.8. The summed E-state index contributed by atoms with van der Waals surface area (Å²) in [6, 6.07) is 25.6. The topological polar surface area (TPSA) is 105 Å². The second-order valence-corrected chi connectivity index (χ2v) is 14.8. The zero-order chi connectivity index (χ0) is 35.1. The van der Waals surface area contributed by atoms with Gasteiger partial charge in [-0.1, -0.05) is 77.8 Å². The van der Waals surface area contributed by atoms with Crippen LogP contribution >= 0.6 is 23.2 Å². The number of nitrogens with one attached hydrogen (secondary N) is 1. The van der Waals surface area contributed by atoms with Crippen LogP contribution in [0.3, 0.4) is 0 Å². The molecule has 0 aromatic heterocycles. The number of amides is 2. The largest absolute Gasteiger partial charge is 0.493 e. The number of carbonyl (C=O) groups is 2. The minimum absolute atomic E-state index is 0.0186. The minimum atomic E-state index is -4.30. The normalized spacial score (nSPS) is 12.1. The number of halogens is 2. The molecule has 48 heavy (non-hydrogen) atoms. The van der Waals surface area contributed by atoms with Crippen LogP contribution < -0.4 is 19.1 Å². The fourth-order valence-corrected chi connectivity index (χ4v) is 6.82. The molecule has 0 aliphatic heterocycles. The minimum Gasteiger partial charge on any atom is -0.493 e. The van der Waals surface area contributed by atoms with Crippen molar-refractivity contribution in [3.63, 3.8) is 0 Å². The summed E-state index contributed by atoms with van der Waals surface area (Å²) >= 11 is 12.6. The second-order valence-electron chi connectivity index (χ2n) is 12.1. The van der Waals surface area contributed by atoms with E-state index in [2.05, 4.69) is 5.32 Å². The molecule has 0 saturated carbocycles. The first kappa shape index (κ1) is 36.6. The van der Waals surface area contributed by atoms with Crippen molar-refractivity contribution in [1.29, 1.82) is 0 Å². The third-order valence-electron chi connectivity index (χ3n) is 7.37. The molecule has 0 bridgehead atoms. The number of sulfonamides is 1. The van der Waals surface area contributed by atoms with Crippen molar-refractivity contribution in [3.05, 3.63) is 118 Å². The fraction of sp³-hybridized carbons (Fsp3) is 0.278. The van der Waals surface area contributed by atoms with E-state index in [1.165, 1.54) is 43.4 Å². The van der Waals surface area contributed by atoms with Crippen LogP contribution in [0.5, 0.6) is 11.5 Å². The summed E-state index contributed by atoms with van der Waals surface area (Å²) in [5.74, 6) is -0.369. The van der Waals surface area contributed by atoms with Crippen LogP contribution in [0.25, 0.3) is 0 Å². The zero-order valence-electron chi connectivity index (χ0n) is 27.4. The average Bonchev–Trinajstić information content (AvgIpc) is 3.06. The number of carbonyl (C=O) groups excluding carboxylic acids is 2. The highest BCUT2D eigenvalue weighted by Crippen LogP contribution is 2.34. The molecule has 254 valence electrons. The Morgan fingerprint density at radius 1 is 0.792 bits per heavy atom. The highest BCUT2D eigenvalue weighted by atomic mass is 35.5. The van der Waals surface area contributed by atoms with Crippen LogP contribution in [-0.4, -0.2) is 57.5 Å². The quantitative estimate of drug-likeness (QED) is 0.164. The molecule has 0 spiro atoms. The highest BCUT2D eigenvalue weighted by Gasteiger charge is 2.36. The van der Waals surface area contributed by atoms with E-state index >= 15 is 0 Å². The molecule has 1 atom stereocenters. The molecule has 0 aliphatic carbocycles. The van der Waals surface area contributed by atoms with E-state index < -0.39 is 40.0 Å². The molecule has 0 radical (unpaired) electrons. The van der Waals surface area contributed by atoms with Gasteiger partial charge in [-0.25, -0.2) is 8.42 Å². The first-order chi connectivity index (χ1) is 22.7. The van der Waals surface area contributed by atoms with E-state index in [9.17, 15) is 18.0 Å². The average molecular weight is 713 g/mol. The van der Waals surface area contributed by atoms with E-state index in [0.717, 1.165) is 9.87 Å². The molecule has 4 aromatic rings. The van der Waals surface area contributed by atoms with Gasteiger partial charge in [0.25, 0.3) is 10.0 Å². The van der Waals surface area contributed by atoms with E-state index in [1.54, 1.807) is 42.5 Å². The monoisotopic (exact) mass is 711 g/mol. The summed E-state index contributed by atoms with van der Waals surface area (Å²) < 4.78 is 40.3. The van der Waals surface area contributed by atoms with Gasteiger partial charge in [0.05, 0.1) is 34.8 Å². The van der Waals surface area contributed by atoms with Gasteiger partial charge in [0.1, 0.15) is 12.6 Å². The third-order valence-corrected chi connectivity index (χ3v) is 9.90. The predicted molar refractivity (Wildman–Crippen MR) is 189 cm³/mol. The van der Waals surface area contributed by atoms with Crippen molar-refractivity contribution in [2.24, 2.45) is 0 Å². The standard InChI is InChI=1S/C36H39Cl2N3O6S/c1-36(2,3)39-35(43)31(21-25-12-8-6-9-13-25)40(23-26-16-18-29(37)30(38)20-26)34(42)24-41(48(44,45)28-14-10-7-11-15-28)27-17-19-32(46-4)33(22-27)47-5/h6-20,22,31H,21,23-24H2,1-5H3,(H,39,43)/t31-/m0/s1. The maximum Gasteiger partial charge on any atom is 0.264 e. The molecule has 4 rings (SSSR count). The zero-order valence-corrected chi connectivity index (χ0v) is 29.8. The van der Waals surface area contributed by atoms with E-state index in [4.69, 9.17) is 32.7 Å². The first-order valence-corrected chi connectivity index (χ1v) is 17.3. The summed E-state index contributed by atoms with van der Waals surface area (Å²) in [6.07, 6.45) is 0.164. The van der Waals surface area contributed by atoms with Crippen molar-refractivity contribution in [2.45, 2.75) is 50.2 Å². The number of benzene rings is 4. The SMILES string of the molecule is COc1ccc(N(CC(=O)N(Cc2ccc(Cl)c(Cl)c2)[C@@H](Cc2ccccc2)C(=O)NC(C)(C)C)S(=O)(=O)c2ccccc2)cc1OC. The Morgan fingerprint density at radius 2 is 1.42 bits per heavy atom. The van der Waals surface area contributed by atoms with Crippen LogP contribution in [0.2, 0.25) is 10.0 Å². The molecule has 2 amide bonds. The summed E-state index contributed by atoms with van der Waals surface area (Å²) in [4.78, 5) is 30.1. The Labute approximate surface area is 292 Å². The molecule has 0 heterocycles. The number of anilines is 1. The van der Waals surface area contributed by atoms with Gasteiger partial charge in [-0.2, -0.15) is 0 Å². The van der Waals surface area contributed by atoms with Crippen molar-refractivity contribution in [3.8, 4) is 11.5 Å². The maximum atomic E-state index is 14.7. The molecule has 1 N–H and O–H groups in total. The lowest BCUT2D eigenvalue weighted by Gasteiger charge is -2.35. The molecule has 0 fully saturated rings. The smallest absolute Gasteiger partial charge is 0.264 e. The highest BCUT2D eigenvalue weighted by molar-refractivity contribution is 7.92. The van der Waals surface area contributed by atoms with E-state index in [0.29, 0.717) is 16.3 Å². The van der Waals surface area contributed by atoms with Crippen molar-refractivity contribution >= 4 is 50.7 Å². The van der Waals surface area contributed by atoms with Gasteiger partial charge in [0.15, 0.2) is 11.5 Å². The van der Waals surface area contributed by atoms with Crippen LogP contribution in [0.15, 0.2) is 102 Å². The maximum absolute atomic E-state index is 14.7. The molecule has 0 saturated heterocycles. The molecular weight excluding hydrogens is 673 g/mol. The third kappa shape index (κ3) is 9.21. The Kier molecular flexibility index (Phi) is 12.0. The molecule has 12 heteroatoms. The Balaban J connectivity index is 1.86. The van der Waals surface area contributed by atoms with Crippen LogP contribution in [-0.2, 0) is 32.6 Å². The molecule has 0 unspecified atom stereocenters. The molecule has 0 aliphatic rings. The van der Waals surface area contributed by atoms with Crippen LogP contribution in [0, 0.1) is 0 Å². The number of nitrogens with zero attached hydrogens (tertiary/aromatic N) is 2. The van der Waals surface area contributed by atoms with Gasteiger partial charge >= 0.3 is 0 Å². The van der Waals surface area contributed by atoms with Crippen LogP contribution in [0.1, 0.15) is 31.9 Å². The Bertz CT molecular complexity index is 1830. The lowest BCUT2D eigenvalue weighted by atomic mass is 10.0. The lowest BCUT2D eigenvalue weighted by molar-refractivity contribution is -0.140. The van der Waals surface area contributed by atoms with Gasteiger partial charge in [-0.3, -0.25) is 13.9 Å². The van der Waals surface area contributed by atoms with Crippen molar-refractivity contribution in [2.75, 3.05) is 25.1 Å². The number of ether oxygens (including phenoxy) is 2. The summed E-state index contributed by atoms with van der Waals surface area (Å²) in [5.41, 5.74) is 0.959. The van der Waals surface area contributed by atoms with Gasteiger partial charge in [-0.15, -0.1) is 0 Å². The number of hydrogen-bond donors (Lipinski definition) is 1. The van der Waals surface area contributed by atoms with E-state index in [-0.39, 0.29) is 34.3 Å². The number of rotatable bonds is 13. The summed E-state index contributed by atoms with van der Waals surface area (Å²) in [7, 11) is -1.39. The van der Waals surface area contributed by atoms with Gasteiger partial charge in [0, 0.05) is 24.6 Å². The fourth-order valence-electron chi connectivity index (χ4n) is 5.07. The van der Waals surface area contributed by atoms with E-state index in [1.807, 2.05) is 51.1 Å². The molecule has 4 aromatic carbocycles. The lowest BCUT2D eigenvalue weighted by Crippen LogP contribution is -2.56. The number of methoxy groups -OCH3 is 2. The van der Waals surface area contributed by atoms with Crippen LogP contribution in [0.4, 0.5) is 5.69 Å². The van der Waals surface area contributed by atoms with Gasteiger partial charge in [-0.05, 0) is 68.3 Å². The van der Waals surface area contributed by atoms with Crippen molar-refractivity contribution < 1.29 is 27.5 Å². The van der Waals surface area contributed by atoms with Gasteiger partial charge in [0.2, 0.25) is 11.8 Å². The Hall–Kier alpha value is -4.25. The molecule has 9 nitrogen and oxygen atoms in total. The number of hydrogen-bond acceptors (Lipinski definition) is 6. The van der Waals surface area contributed by atoms with Gasteiger partial charge < -0.3 is 19.7 Å². The Morgan fingerprint density at radius 3 is 2.00 bits per heavy atom. The molecular formula is C36H39Cl2N3O6S. The first-order valence-electron chi connectivity index (χ1n) is 15.1. The summed E-state index contributed by atoms with van der Waals surface area (Å²) in [5, 5.41) is 3.62. The summed E-state index contributed by atoms with van der Waals surface area (Å²) in [6.45, 7) is 4.85.